The van der Waals surface area contributed by atoms with Crippen LogP contribution in [-0.2, 0) is 26.3 Å². The molecule has 10 nitrogen and oxygen atoms in total. The van der Waals surface area contributed by atoms with Gasteiger partial charge in [-0.3, -0.25) is 14.5 Å². The molecule has 44 heavy (non-hydrogen) atoms. The maximum atomic E-state index is 12.8. The number of nitrogens with zero attached hydrogens (tertiary/aromatic N) is 2. The molecule has 1 saturated heterocycles. The van der Waals surface area contributed by atoms with E-state index < -0.39 is 15.9 Å². The Hall–Kier alpha value is -2.21. The van der Waals surface area contributed by atoms with Crippen LogP contribution in [0.2, 0.25) is 0 Å². The van der Waals surface area contributed by atoms with E-state index in [0.717, 1.165) is 63.6 Å². The summed E-state index contributed by atoms with van der Waals surface area (Å²) in [7, 11) is -4.06. The highest BCUT2D eigenvalue weighted by Gasteiger charge is 2.61. The zero-order valence-electron chi connectivity index (χ0n) is 26.1. The van der Waals surface area contributed by atoms with Gasteiger partial charge in [0.05, 0.1) is 12.1 Å². The maximum Gasteiger partial charge on any atom is 0.380 e. The number of aryl methyl sites for hydroxylation is 1. The van der Waals surface area contributed by atoms with Gasteiger partial charge in [0.2, 0.25) is 11.8 Å². The first-order chi connectivity index (χ1) is 20.9. The molecule has 3 saturated carbocycles. The fourth-order valence-electron chi connectivity index (χ4n) is 9.65. The van der Waals surface area contributed by atoms with Gasteiger partial charge in [0.15, 0.2) is 0 Å². The summed E-state index contributed by atoms with van der Waals surface area (Å²) in [5, 5.41) is 20.1. The largest absolute Gasteiger partial charge is 0.388 e. The summed E-state index contributed by atoms with van der Waals surface area (Å²) in [6.07, 6.45) is 12.1. The Morgan fingerprint density at radius 2 is 1.82 bits per heavy atom. The van der Waals surface area contributed by atoms with Crippen molar-refractivity contribution in [2.45, 2.75) is 95.5 Å². The van der Waals surface area contributed by atoms with Gasteiger partial charge in [-0.05, 0) is 91.9 Å². The number of nitrogens with two attached hydrogens (primary N) is 1. The van der Waals surface area contributed by atoms with E-state index in [9.17, 15) is 23.1 Å². The van der Waals surface area contributed by atoms with Crippen LogP contribution in [0.3, 0.4) is 0 Å². The predicted molar refractivity (Wildman–Crippen MR) is 167 cm³/mol. The minimum absolute atomic E-state index is 0.0212. The average molecular weight is 631 g/mol. The van der Waals surface area contributed by atoms with Crippen molar-refractivity contribution in [3.8, 4) is 5.75 Å². The number of hydrogen-bond donors (Lipinski definition) is 3. The number of benzene rings is 1. The summed E-state index contributed by atoms with van der Waals surface area (Å²) in [5.41, 5.74) is 1.49. The van der Waals surface area contributed by atoms with Crippen molar-refractivity contribution in [2.75, 3.05) is 39.3 Å². The van der Waals surface area contributed by atoms with Crippen LogP contribution in [0.15, 0.2) is 18.2 Å². The number of fused-ring (bicyclic) bond motifs is 5. The Labute approximate surface area is 262 Å². The molecule has 4 N–H and O–H groups in total. The van der Waals surface area contributed by atoms with Gasteiger partial charge in [0.1, 0.15) is 5.75 Å². The zero-order chi connectivity index (χ0) is 31.1. The quantitative estimate of drug-likeness (QED) is 0.381. The number of aliphatic hydroxyl groups is 1. The molecule has 1 heterocycles. The van der Waals surface area contributed by atoms with Crippen LogP contribution in [0.5, 0.6) is 5.75 Å². The maximum absolute atomic E-state index is 12.8. The molecule has 0 spiro atoms. The smallest absolute Gasteiger partial charge is 0.380 e. The number of amides is 2. The number of carbonyl (C=O) groups is 2. The standard InChI is InChI=1S/C33H50N4O6S/c1-32-14-12-27-26-10-8-25(43-44(34,41)42)20-24(26)7-9-28(27)29(32)13-15-33(32,40)22-36-16-18-37(19-17-36)31(39)21-35-30(38)11-6-23-4-2-3-5-23/h8,10,20,23,27-29,40H,2-7,9,11-19,21-22H2,1H3,(H,35,38)(H2,34,41,42)/t27-,28-,29+,32+,33-/m1/s1. The van der Waals surface area contributed by atoms with Gasteiger partial charge in [-0.2, -0.15) is 13.6 Å². The Balaban J connectivity index is 1.00. The van der Waals surface area contributed by atoms with Crippen molar-refractivity contribution in [3.05, 3.63) is 29.3 Å². The van der Waals surface area contributed by atoms with Gasteiger partial charge in [0, 0.05) is 44.6 Å². The molecular formula is C33H50N4O6S. The molecule has 4 fully saturated rings. The molecule has 0 unspecified atom stereocenters. The summed E-state index contributed by atoms with van der Waals surface area (Å²) in [5.74, 6) is 2.21. The second kappa shape index (κ2) is 12.5. The van der Waals surface area contributed by atoms with Gasteiger partial charge < -0.3 is 19.5 Å². The van der Waals surface area contributed by atoms with E-state index in [4.69, 9.17) is 9.32 Å². The number of carbonyl (C=O) groups excluding carboxylic acids is 2. The van der Waals surface area contributed by atoms with Crippen LogP contribution in [0.1, 0.15) is 94.6 Å². The van der Waals surface area contributed by atoms with Crippen molar-refractivity contribution in [2.24, 2.45) is 28.3 Å². The molecule has 1 aromatic rings. The monoisotopic (exact) mass is 630 g/mol. The molecule has 0 aromatic heterocycles. The molecule has 0 radical (unpaired) electrons. The van der Waals surface area contributed by atoms with Crippen LogP contribution in [0.25, 0.3) is 0 Å². The van der Waals surface area contributed by atoms with Crippen molar-refractivity contribution in [3.63, 3.8) is 0 Å². The van der Waals surface area contributed by atoms with Crippen molar-refractivity contribution in [1.29, 1.82) is 0 Å². The Kier molecular flexibility index (Phi) is 9.04. The van der Waals surface area contributed by atoms with Gasteiger partial charge in [0.25, 0.3) is 0 Å². The van der Waals surface area contributed by atoms with Gasteiger partial charge in [-0.15, -0.1) is 0 Å². The number of piperazine rings is 1. The van der Waals surface area contributed by atoms with Crippen LogP contribution in [0.4, 0.5) is 0 Å². The highest BCUT2D eigenvalue weighted by atomic mass is 32.2. The molecular weight excluding hydrogens is 580 g/mol. The third-order valence-electron chi connectivity index (χ3n) is 12.1. The van der Waals surface area contributed by atoms with Crippen molar-refractivity contribution >= 4 is 22.1 Å². The Morgan fingerprint density at radius 1 is 1.07 bits per heavy atom. The second-order valence-corrected chi connectivity index (χ2v) is 15.7. The minimum Gasteiger partial charge on any atom is -0.388 e. The molecule has 1 aromatic carbocycles. The van der Waals surface area contributed by atoms with E-state index >= 15 is 0 Å². The number of hydrogen-bond acceptors (Lipinski definition) is 7. The first-order valence-corrected chi connectivity index (χ1v) is 18.3. The van der Waals surface area contributed by atoms with Gasteiger partial charge in [-0.25, -0.2) is 0 Å². The zero-order valence-corrected chi connectivity index (χ0v) is 27.0. The van der Waals surface area contributed by atoms with Gasteiger partial charge >= 0.3 is 10.3 Å². The first kappa shape index (κ1) is 31.8. The number of rotatable bonds is 9. The third-order valence-corrected chi connectivity index (χ3v) is 12.6. The molecule has 5 atom stereocenters. The first-order valence-electron chi connectivity index (χ1n) is 16.8. The highest BCUT2D eigenvalue weighted by Crippen LogP contribution is 2.64. The van der Waals surface area contributed by atoms with E-state index in [0.29, 0.717) is 49.7 Å². The normalized spacial score (nSPS) is 32.5. The lowest BCUT2D eigenvalue weighted by atomic mass is 9.53. The molecule has 2 amide bonds. The van der Waals surface area contributed by atoms with Crippen LogP contribution in [0, 0.1) is 23.2 Å². The topological polar surface area (TPSA) is 142 Å². The van der Waals surface area contributed by atoms with Crippen LogP contribution >= 0.6 is 0 Å². The van der Waals surface area contributed by atoms with E-state index in [1.54, 1.807) is 6.07 Å². The summed E-state index contributed by atoms with van der Waals surface area (Å²) in [6.45, 7) is 5.69. The molecule has 6 rings (SSSR count). The number of nitrogens with one attached hydrogen (secondary N) is 1. The average Bonchev–Trinajstić information content (AvgIpc) is 3.60. The summed E-state index contributed by atoms with van der Waals surface area (Å²) >= 11 is 0. The lowest BCUT2D eigenvalue weighted by Crippen LogP contribution is -2.59. The summed E-state index contributed by atoms with van der Waals surface area (Å²) in [4.78, 5) is 29.3. The highest BCUT2D eigenvalue weighted by molar-refractivity contribution is 7.84. The Bertz CT molecular complexity index is 1340. The minimum atomic E-state index is -4.06. The van der Waals surface area contributed by atoms with Gasteiger partial charge in [-0.1, -0.05) is 38.7 Å². The molecule has 5 aliphatic rings. The SMILES string of the molecule is C[C@]12CC[C@@H]3c4ccc(OS(N)(=O)=O)cc4CC[C@H]3[C@@H]1CC[C@@]2(O)CN1CCN(C(=O)CNC(=O)CCC2CCCC2)CC1. The molecule has 244 valence electrons. The fraction of sp³-hybridized carbons (Fsp3) is 0.758. The number of β-amino-alcohol motifs (C(OH)–C–C–N with tert-alkyl or cyclic N) is 1. The van der Waals surface area contributed by atoms with E-state index in [1.807, 2.05) is 17.0 Å². The lowest BCUT2D eigenvalue weighted by Gasteiger charge is -2.54. The van der Waals surface area contributed by atoms with E-state index in [-0.39, 0.29) is 29.5 Å². The molecule has 11 heteroatoms. The molecule has 1 aliphatic heterocycles. The van der Waals surface area contributed by atoms with Crippen LogP contribution in [-0.4, -0.2) is 80.0 Å². The second-order valence-electron chi connectivity index (χ2n) is 14.5. The van der Waals surface area contributed by atoms with E-state index in [2.05, 4.69) is 17.1 Å². The molecule has 4 aliphatic carbocycles. The van der Waals surface area contributed by atoms with E-state index in [1.165, 1.54) is 31.2 Å². The summed E-state index contributed by atoms with van der Waals surface area (Å²) in [6, 6.07) is 5.55. The fourth-order valence-corrected chi connectivity index (χ4v) is 10.0. The van der Waals surface area contributed by atoms with Crippen molar-refractivity contribution < 1.29 is 27.3 Å². The summed E-state index contributed by atoms with van der Waals surface area (Å²) < 4.78 is 27.7. The predicted octanol–water partition coefficient (Wildman–Crippen LogP) is 3.09. The molecule has 0 bridgehead atoms. The van der Waals surface area contributed by atoms with Crippen molar-refractivity contribution in [1.82, 2.24) is 15.1 Å². The lowest BCUT2D eigenvalue weighted by molar-refractivity contribution is -0.137. The van der Waals surface area contributed by atoms with Crippen LogP contribution < -0.4 is 14.6 Å². The Morgan fingerprint density at radius 3 is 2.55 bits per heavy atom. The third kappa shape index (κ3) is 6.52.